The van der Waals surface area contributed by atoms with Gasteiger partial charge in [-0.1, -0.05) is 6.07 Å². The molecule has 0 saturated heterocycles. The van der Waals surface area contributed by atoms with E-state index in [2.05, 4.69) is 0 Å². The largest absolute Gasteiger partial charge is 0.324 e. The van der Waals surface area contributed by atoms with Gasteiger partial charge >= 0.3 is 0 Å². The van der Waals surface area contributed by atoms with Crippen molar-refractivity contribution in [2.45, 2.75) is 25.8 Å². The summed E-state index contributed by atoms with van der Waals surface area (Å²) >= 11 is 0. The first-order chi connectivity index (χ1) is 7.00. The van der Waals surface area contributed by atoms with Crippen LogP contribution in [0.2, 0.25) is 0 Å². The van der Waals surface area contributed by atoms with Crippen molar-refractivity contribution in [2.24, 2.45) is 5.73 Å². The van der Waals surface area contributed by atoms with Crippen LogP contribution >= 0.6 is 0 Å². The molecule has 0 bridgehead atoms. The minimum Gasteiger partial charge on any atom is -0.324 e. The Bertz CT molecular complexity index is 366. The van der Waals surface area contributed by atoms with E-state index in [9.17, 15) is 13.6 Å². The molecule has 0 fully saturated rings. The molecular weight excluding hydrogens is 200 g/mol. The van der Waals surface area contributed by atoms with Gasteiger partial charge in [0.1, 0.15) is 5.78 Å². The lowest BCUT2D eigenvalue weighted by Crippen LogP contribution is -2.12. The van der Waals surface area contributed by atoms with Crippen molar-refractivity contribution < 1.29 is 13.6 Å². The molecule has 0 spiro atoms. The Labute approximate surface area is 87.1 Å². The van der Waals surface area contributed by atoms with E-state index >= 15 is 0 Å². The van der Waals surface area contributed by atoms with Crippen molar-refractivity contribution in [3.63, 3.8) is 0 Å². The smallest absolute Gasteiger partial charge is 0.159 e. The fourth-order valence-electron chi connectivity index (χ4n) is 1.27. The van der Waals surface area contributed by atoms with E-state index in [4.69, 9.17) is 5.73 Å². The van der Waals surface area contributed by atoms with Crippen molar-refractivity contribution in [1.29, 1.82) is 0 Å². The number of ketones is 1. The lowest BCUT2D eigenvalue weighted by molar-refractivity contribution is -0.117. The van der Waals surface area contributed by atoms with Crippen LogP contribution in [-0.4, -0.2) is 5.78 Å². The molecule has 0 saturated carbocycles. The number of benzene rings is 1. The summed E-state index contributed by atoms with van der Waals surface area (Å²) in [6.07, 6.45) is 0.792. The first-order valence-corrected chi connectivity index (χ1v) is 4.70. The Balaban J connectivity index is 2.69. The number of carbonyl (C=O) groups is 1. The van der Waals surface area contributed by atoms with Crippen molar-refractivity contribution in [3.05, 3.63) is 35.4 Å². The quantitative estimate of drug-likeness (QED) is 0.834. The molecule has 0 aliphatic heterocycles. The summed E-state index contributed by atoms with van der Waals surface area (Å²) in [5, 5.41) is 0. The number of nitrogens with two attached hydrogens (primary N) is 1. The SMILES string of the molecule is CC(=O)CCC(N)c1ccc(F)c(F)c1. The third-order valence-electron chi connectivity index (χ3n) is 2.18. The van der Waals surface area contributed by atoms with Gasteiger partial charge < -0.3 is 10.5 Å². The molecule has 0 heterocycles. The summed E-state index contributed by atoms with van der Waals surface area (Å²) in [7, 11) is 0. The van der Waals surface area contributed by atoms with Gasteiger partial charge in [0.2, 0.25) is 0 Å². The van der Waals surface area contributed by atoms with Crippen molar-refractivity contribution in [2.75, 3.05) is 0 Å². The van der Waals surface area contributed by atoms with Gasteiger partial charge in [0.15, 0.2) is 11.6 Å². The molecule has 1 aromatic rings. The van der Waals surface area contributed by atoms with E-state index < -0.39 is 17.7 Å². The Kier molecular flexibility index (Phi) is 3.91. The second kappa shape index (κ2) is 4.98. The molecule has 0 aliphatic carbocycles. The minimum atomic E-state index is -0.911. The number of Topliss-reactive ketones (excluding diaryl/α,β-unsaturated/α-hetero) is 1. The molecule has 1 unspecified atom stereocenters. The van der Waals surface area contributed by atoms with Crippen LogP contribution in [0, 0.1) is 11.6 Å². The third kappa shape index (κ3) is 3.40. The molecule has 0 aromatic heterocycles. The molecule has 0 radical (unpaired) electrons. The maximum Gasteiger partial charge on any atom is 0.159 e. The van der Waals surface area contributed by atoms with Crippen LogP contribution in [0.3, 0.4) is 0 Å². The van der Waals surface area contributed by atoms with Crippen molar-refractivity contribution in [3.8, 4) is 0 Å². The molecule has 1 aromatic carbocycles. The maximum atomic E-state index is 12.8. The van der Waals surface area contributed by atoms with Gasteiger partial charge in [-0.2, -0.15) is 0 Å². The Morgan fingerprint density at radius 1 is 1.40 bits per heavy atom. The molecule has 2 N–H and O–H groups in total. The normalized spacial score (nSPS) is 12.5. The molecule has 1 atom stereocenters. The van der Waals surface area contributed by atoms with E-state index in [1.165, 1.54) is 13.0 Å². The summed E-state index contributed by atoms with van der Waals surface area (Å²) in [5.74, 6) is -1.77. The maximum absolute atomic E-state index is 12.8. The highest BCUT2D eigenvalue weighted by atomic mass is 19.2. The van der Waals surface area contributed by atoms with Gasteiger partial charge in [-0.05, 0) is 31.0 Å². The molecular formula is C11H13F2NO. The second-order valence-electron chi connectivity index (χ2n) is 3.52. The summed E-state index contributed by atoms with van der Waals surface area (Å²) in [6, 6.07) is 3.12. The van der Waals surface area contributed by atoms with E-state index in [-0.39, 0.29) is 5.78 Å². The van der Waals surface area contributed by atoms with Gasteiger partial charge in [-0.3, -0.25) is 0 Å². The van der Waals surface area contributed by atoms with Crippen LogP contribution in [0.15, 0.2) is 18.2 Å². The van der Waals surface area contributed by atoms with Crippen LogP contribution in [-0.2, 0) is 4.79 Å². The molecule has 2 nitrogen and oxygen atoms in total. The number of hydrogen-bond donors (Lipinski definition) is 1. The first-order valence-electron chi connectivity index (χ1n) is 4.70. The monoisotopic (exact) mass is 213 g/mol. The highest BCUT2D eigenvalue weighted by Gasteiger charge is 2.10. The highest BCUT2D eigenvalue weighted by molar-refractivity contribution is 5.75. The zero-order chi connectivity index (χ0) is 11.4. The van der Waals surface area contributed by atoms with E-state index in [0.29, 0.717) is 18.4 Å². The lowest BCUT2D eigenvalue weighted by atomic mass is 10.0. The zero-order valence-electron chi connectivity index (χ0n) is 8.47. The van der Waals surface area contributed by atoms with E-state index in [1.807, 2.05) is 0 Å². The second-order valence-corrected chi connectivity index (χ2v) is 3.52. The Hall–Kier alpha value is -1.29. The van der Waals surface area contributed by atoms with Crippen molar-refractivity contribution in [1.82, 2.24) is 0 Å². The summed E-state index contributed by atoms with van der Waals surface area (Å²) < 4.78 is 25.4. The molecule has 1 rings (SSSR count). The van der Waals surface area contributed by atoms with Crippen LogP contribution < -0.4 is 5.73 Å². The van der Waals surface area contributed by atoms with E-state index in [1.54, 1.807) is 0 Å². The Morgan fingerprint density at radius 3 is 2.60 bits per heavy atom. The highest BCUT2D eigenvalue weighted by Crippen LogP contribution is 2.18. The first kappa shape index (κ1) is 11.8. The standard InChI is InChI=1S/C11H13F2NO/c1-7(15)2-5-11(14)8-3-4-9(12)10(13)6-8/h3-4,6,11H,2,5,14H2,1H3. The summed E-state index contributed by atoms with van der Waals surface area (Å²) in [5.41, 5.74) is 6.23. The number of hydrogen-bond acceptors (Lipinski definition) is 2. The van der Waals surface area contributed by atoms with Crippen molar-refractivity contribution >= 4 is 5.78 Å². The third-order valence-corrected chi connectivity index (χ3v) is 2.18. The topological polar surface area (TPSA) is 43.1 Å². The molecule has 15 heavy (non-hydrogen) atoms. The van der Waals surface area contributed by atoms with Crippen LogP contribution in [0.4, 0.5) is 8.78 Å². The average Bonchev–Trinajstić information content (AvgIpc) is 2.18. The summed E-state index contributed by atoms with van der Waals surface area (Å²) in [4.78, 5) is 10.7. The van der Waals surface area contributed by atoms with E-state index in [0.717, 1.165) is 12.1 Å². The average molecular weight is 213 g/mol. The van der Waals surface area contributed by atoms with Gasteiger partial charge in [0.25, 0.3) is 0 Å². The predicted octanol–water partition coefficient (Wildman–Crippen LogP) is 2.33. The number of halogens is 2. The van der Waals surface area contributed by atoms with Gasteiger partial charge in [-0.25, -0.2) is 8.78 Å². The molecule has 4 heteroatoms. The number of rotatable bonds is 4. The predicted molar refractivity (Wildman–Crippen MR) is 53.2 cm³/mol. The fraction of sp³-hybridized carbons (Fsp3) is 0.364. The fourth-order valence-corrected chi connectivity index (χ4v) is 1.27. The summed E-state index contributed by atoms with van der Waals surface area (Å²) in [6.45, 7) is 1.47. The Morgan fingerprint density at radius 2 is 2.07 bits per heavy atom. The minimum absolute atomic E-state index is 0.0352. The molecule has 82 valence electrons. The lowest BCUT2D eigenvalue weighted by Gasteiger charge is -2.10. The van der Waals surface area contributed by atoms with Gasteiger partial charge in [0.05, 0.1) is 0 Å². The van der Waals surface area contributed by atoms with Crippen LogP contribution in [0.25, 0.3) is 0 Å². The van der Waals surface area contributed by atoms with Crippen LogP contribution in [0.5, 0.6) is 0 Å². The van der Waals surface area contributed by atoms with Crippen LogP contribution in [0.1, 0.15) is 31.4 Å². The number of carbonyl (C=O) groups excluding carboxylic acids is 1. The van der Waals surface area contributed by atoms with Gasteiger partial charge in [0, 0.05) is 12.5 Å². The van der Waals surface area contributed by atoms with Gasteiger partial charge in [-0.15, -0.1) is 0 Å². The molecule has 0 amide bonds. The zero-order valence-corrected chi connectivity index (χ0v) is 8.47. The molecule has 0 aliphatic rings.